The van der Waals surface area contributed by atoms with Crippen LogP contribution in [0.5, 0.6) is 17.2 Å². The molecule has 0 unspecified atom stereocenters. The summed E-state index contributed by atoms with van der Waals surface area (Å²) < 4.78 is 52.5. The molecule has 0 saturated heterocycles. The number of esters is 1. The number of carbonyl (C=O) groups is 1. The van der Waals surface area contributed by atoms with E-state index in [9.17, 15) is 4.79 Å². The number of carbonyl (C=O) groups excluding carboxylic acids is 1. The Morgan fingerprint density at radius 2 is 1.62 bits per heavy atom. The van der Waals surface area contributed by atoms with Gasteiger partial charge in [-0.3, -0.25) is 14.1 Å². The number of methoxy groups -OCH3 is 3. The molecule has 0 fully saturated rings. The smallest absolute Gasteiger partial charge is 0.394 e. The molecule has 29 heavy (non-hydrogen) atoms. The Kier molecular flexibility index (Phi) is 12.1. The number of aliphatic imine (C=N–C) groups is 1. The molecule has 5 N–H and O–H groups in total. The molecule has 0 aliphatic rings. The summed E-state index contributed by atoms with van der Waals surface area (Å²) >= 11 is 0. The van der Waals surface area contributed by atoms with Crippen molar-refractivity contribution in [3.63, 3.8) is 0 Å². The van der Waals surface area contributed by atoms with Crippen molar-refractivity contribution in [1.82, 2.24) is 5.32 Å². The molecule has 0 atom stereocenters. The van der Waals surface area contributed by atoms with Crippen LogP contribution in [0.1, 0.15) is 23.2 Å². The first-order chi connectivity index (χ1) is 13.6. The molecule has 0 saturated carbocycles. The van der Waals surface area contributed by atoms with Crippen molar-refractivity contribution in [3.05, 3.63) is 17.7 Å². The molecule has 0 amide bonds. The average molecular weight is 437 g/mol. The van der Waals surface area contributed by atoms with E-state index in [4.69, 9.17) is 42.2 Å². The van der Waals surface area contributed by atoms with Crippen LogP contribution in [0.3, 0.4) is 0 Å². The van der Waals surface area contributed by atoms with Crippen LogP contribution < -0.4 is 25.3 Å². The number of nitrogens with one attached hydrogen (secondary N) is 1. The maximum absolute atomic E-state index is 12.1. The summed E-state index contributed by atoms with van der Waals surface area (Å²) in [5, 5.41) is 2.94. The van der Waals surface area contributed by atoms with E-state index in [1.165, 1.54) is 21.3 Å². The van der Waals surface area contributed by atoms with E-state index in [0.29, 0.717) is 48.3 Å². The fraction of sp³-hybridized carbons (Fsp3) is 0.500. The number of hydrogen-bond donors (Lipinski definition) is 4. The Labute approximate surface area is 169 Å². The van der Waals surface area contributed by atoms with Gasteiger partial charge in [-0.2, -0.15) is 8.42 Å². The number of nitrogens with zero attached hydrogens (tertiary/aromatic N) is 1. The Balaban J connectivity index is 0.00000139. The molecule has 0 aromatic heterocycles. The fourth-order valence-corrected chi connectivity index (χ4v) is 1.97. The predicted molar refractivity (Wildman–Crippen MR) is 105 cm³/mol. The largest absolute Gasteiger partial charge is 0.493 e. The predicted octanol–water partition coefficient (Wildman–Crippen LogP) is 0.531. The SMILES string of the molecule is CN=C(N)NCCCCOC(=O)c1cc(OC)c(OC)c(OC)c1.O=S(=O)(O)O. The number of benzene rings is 1. The molecule has 1 rings (SSSR count). The highest BCUT2D eigenvalue weighted by molar-refractivity contribution is 7.79. The Morgan fingerprint density at radius 3 is 2.03 bits per heavy atom. The molecule has 0 aliphatic heterocycles. The van der Waals surface area contributed by atoms with Gasteiger partial charge in [-0.1, -0.05) is 0 Å². The lowest BCUT2D eigenvalue weighted by Gasteiger charge is -2.13. The second-order valence-electron chi connectivity index (χ2n) is 5.24. The normalized spacial score (nSPS) is 11.0. The molecule has 166 valence electrons. The summed E-state index contributed by atoms with van der Waals surface area (Å²) in [6, 6.07) is 3.12. The van der Waals surface area contributed by atoms with E-state index in [2.05, 4.69) is 10.3 Å². The van der Waals surface area contributed by atoms with Gasteiger partial charge >= 0.3 is 16.4 Å². The van der Waals surface area contributed by atoms with Crippen molar-refractivity contribution in [3.8, 4) is 17.2 Å². The van der Waals surface area contributed by atoms with Gasteiger partial charge in [0.15, 0.2) is 17.5 Å². The van der Waals surface area contributed by atoms with Gasteiger partial charge in [-0.05, 0) is 25.0 Å². The lowest BCUT2D eigenvalue weighted by Crippen LogP contribution is -2.32. The van der Waals surface area contributed by atoms with Crippen molar-refractivity contribution in [2.24, 2.45) is 10.7 Å². The minimum absolute atomic E-state index is 0.306. The summed E-state index contributed by atoms with van der Waals surface area (Å²) in [6.45, 7) is 0.977. The maximum atomic E-state index is 12.1. The summed E-state index contributed by atoms with van der Waals surface area (Å²) in [6.07, 6.45) is 1.51. The molecular weight excluding hydrogens is 410 g/mol. The topological polar surface area (TPSA) is 179 Å². The Morgan fingerprint density at radius 1 is 1.10 bits per heavy atom. The number of guanidine groups is 1. The Bertz CT molecular complexity index is 749. The van der Waals surface area contributed by atoms with Gasteiger partial charge in [0.2, 0.25) is 5.75 Å². The zero-order valence-corrected chi connectivity index (χ0v) is 17.5. The number of ether oxygens (including phenoxy) is 4. The molecule has 13 heteroatoms. The second-order valence-corrected chi connectivity index (χ2v) is 6.14. The molecule has 0 spiro atoms. The average Bonchev–Trinajstić information content (AvgIpc) is 2.67. The van der Waals surface area contributed by atoms with Crippen molar-refractivity contribution in [1.29, 1.82) is 0 Å². The monoisotopic (exact) mass is 437 g/mol. The van der Waals surface area contributed by atoms with Crippen molar-refractivity contribution < 1.29 is 41.3 Å². The highest BCUT2D eigenvalue weighted by atomic mass is 32.3. The lowest BCUT2D eigenvalue weighted by molar-refractivity contribution is 0.0497. The Hall–Kier alpha value is -2.77. The van der Waals surface area contributed by atoms with Crippen LogP contribution in [0.15, 0.2) is 17.1 Å². The van der Waals surface area contributed by atoms with E-state index >= 15 is 0 Å². The van der Waals surface area contributed by atoms with Gasteiger partial charge in [0.05, 0.1) is 33.5 Å². The minimum Gasteiger partial charge on any atom is -0.493 e. The van der Waals surface area contributed by atoms with Crippen LogP contribution >= 0.6 is 0 Å². The minimum atomic E-state index is -4.67. The number of rotatable bonds is 9. The van der Waals surface area contributed by atoms with Crippen molar-refractivity contribution in [2.75, 3.05) is 41.5 Å². The van der Waals surface area contributed by atoms with Gasteiger partial charge in [-0.15, -0.1) is 0 Å². The summed E-state index contributed by atoms with van der Waals surface area (Å²) in [4.78, 5) is 15.9. The quantitative estimate of drug-likeness (QED) is 0.139. The molecule has 0 radical (unpaired) electrons. The first-order valence-electron chi connectivity index (χ1n) is 8.20. The van der Waals surface area contributed by atoms with E-state index in [0.717, 1.165) is 6.42 Å². The third kappa shape index (κ3) is 11.6. The zero-order chi connectivity index (χ0) is 22.4. The van der Waals surface area contributed by atoms with Gasteiger partial charge < -0.3 is 30.0 Å². The summed E-state index contributed by atoms with van der Waals surface area (Å²) in [5.41, 5.74) is 5.85. The van der Waals surface area contributed by atoms with E-state index < -0.39 is 16.4 Å². The van der Waals surface area contributed by atoms with Crippen LogP contribution in [0.4, 0.5) is 0 Å². The van der Waals surface area contributed by atoms with Crippen LogP contribution in [0.2, 0.25) is 0 Å². The summed E-state index contributed by atoms with van der Waals surface area (Å²) in [7, 11) is 1.43. The molecule has 0 aliphatic carbocycles. The third-order valence-corrected chi connectivity index (χ3v) is 3.25. The molecular formula is C16H27N3O9S. The lowest BCUT2D eigenvalue weighted by atomic mass is 10.2. The van der Waals surface area contributed by atoms with E-state index in [1.807, 2.05) is 0 Å². The van der Waals surface area contributed by atoms with Crippen LogP contribution in [-0.2, 0) is 15.1 Å². The standard InChI is InChI=1S/C16H25N3O5.H2O4S/c1-18-16(17)19-7-5-6-8-24-15(20)11-9-12(21-2)14(23-4)13(10-11)22-3;1-5(2,3)4/h9-10H,5-8H2,1-4H3,(H3,17,18,19);(H2,1,2,3,4). The van der Waals surface area contributed by atoms with Crippen LogP contribution in [0, 0.1) is 0 Å². The van der Waals surface area contributed by atoms with Crippen LogP contribution in [0.25, 0.3) is 0 Å². The molecule has 0 bridgehead atoms. The van der Waals surface area contributed by atoms with Gasteiger partial charge in [-0.25, -0.2) is 4.79 Å². The molecule has 0 heterocycles. The highest BCUT2D eigenvalue weighted by Crippen LogP contribution is 2.38. The highest BCUT2D eigenvalue weighted by Gasteiger charge is 2.17. The van der Waals surface area contributed by atoms with Gasteiger partial charge in [0.25, 0.3) is 0 Å². The molecule has 1 aromatic carbocycles. The number of hydrogen-bond acceptors (Lipinski definition) is 8. The number of nitrogens with two attached hydrogens (primary N) is 1. The maximum Gasteiger partial charge on any atom is 0.394 e. The van der Waals surface area contributed by atoms with Gasteiger partial charge in [0.1, 0.15) is 0 Å². The van der Waals surface area contributed by atoms with Gasteiger partial charge in [0, 0.05) is 13.6 Å². The van der Waals surface area contributed by atoms with E-state index in [-0.39, 0.29) is 0 Å². The second kappa shape index (κ2) is 13.4. The number of unbranched alkanes of at least 4 members (excludes halogenated alkanes) is 1. The third-order valence-electron chi connectivity index (χ3n) is 3.25. The van der Waals surface area contributed by atoms with E-state index in [1.54, 1.807) is 19.2 Å². The molecule has 1 aromatic rings. The van der Waals surface area contributed by atoms with Crippen LogP contribution in [-0.4, -0.2) is 71.0 Å². The first kappa shape index (κ1) is 26.2. The van der Waals surface area contributed by atoms with Crippen molar-refractivity contribution in [2.45, 2.75) is 12.8 Å². The van der Waals surface area contributed by atoms with Crippen molar-refractivity contribution >= 4 is 22.3 Å². The fourth-order valence-electron chi connectivity index (χ4n) is 1.97. The first-order valence-corrected chi connectivity index (χ1v) is 9.60. The summed E-state index contributed by atoms with van der Waals surface area (Å²) in [5.74, 6) is 1.18. The molecule has 12 nitrogen and oxygen atoms in total. The zero-order valence-electron chi connectivity index (χ0n) is 16.7.